The minimum atomic E-state index is -4.39. The van der Waals surface area contributed by atoms with Crippen LogP contribution in [0.2, 0.25) is 0 Å². The molecular formula is C13H16BrF3N2O. The smallest absolute Gasteiger partial charge is 0.385 e. The van der Waals surface area contributed by atoms with Crippen LogP contribution in [0, 0.1) is 0 Å². The molecule has 0 aliphatic carbocycles. The Labute approximate surface area is 124 Å². The summed E-state index contributed by atoms with van der Waals surface area (Å²) in [5, 5.41) is 2.89. The third-order valence-corrected chi connectivity index (χ3v) is 3.36. The van der Waals surface area contributed by atoms with Crippen molar-refractivity contribution in [2.24, 2.45) is 0 Å². The summed E-state index contributed by atoms with van der Waals surface area (Å²) in [6, 6.07) is 3.97. The molecule has 0 saturated carbocycles. The summed E-state index contributed by atoms with van der Waals surface area (Å²) in [6.07, 6.45) is -3.46. The number of halogens is 4. The van der Waals surface area contributed by atoms with Crippen molar-refractivity contribution in [1.29, 1.82) is 0 Å². The Morgan fingerprint density at radius 2 is 2.00 bits per heavy atom. The summed E-state index contributed by atoms with van der Waals surface area (Å²) in [7, 11) is 3.33. The average molecular weight is 353 g/mol. The molecule has 0 saturated heterocycles. The van der Waals surface area contributed by atoms with E-state index in [2.05, 4.69) is 21.2 Å². The molecule has 3 nitrogen and oxygen atoms in total. The molecule has 1 rings (SSSR count). The normalized spacial score (nSPS) is 11.3. The quantitative estimate of drug-likeness (QED) is 0.818. The topological polar surface area (TPSA) is 32.3 Å². The van der Waals surface area contributed by atoms with Crippen molar-refractivity contribution in [2.45, 2.75) is 19.0 Å². The van der Waals surface area contributed by atoms with E-state index in [-0.39, 0.29) is 10.4 Å². The predicted molar refractivity (Wildman–Crippen MR) is 75.6 cm³/mol. The zero-order chi connectivity index (χ0) is 15.3. The summed E-state index contributed by atoms with van der Waals surface area (Å²) in [5.41, 5.74) is -0.329. The summed E-state index contributed by atoms with van der Waals surface area (Å²) >= 11 is 2.89. The zero-order valence-electron chi connectivity index (χ0n) is 11.2. The molecule has 0 radical (unpaired) electrons. The Hall–Kier alpha value is -1.24. The van der Waals surface area contributed by atoms with Gasteiger partial charge in [-0.2, -0.15) is 13.2 Å². The van der Waals surface area contributed by atoms with Crippen molar-refractivity contribution >= 4 is 27.5 Å². The molecule has 0 aliphatic rings. The van der Waals surface area contributed by atoms with Crippen LogP contribution < -0.4 is 5.32 Å². The van der Waals surface area contributed by atoms with Gasteiger partial charge in [0.15, 0.2) is 0 Å². The molecule has 1 aromatic carbocycles. The van der Waals surface area contributed by atoms with E-state index in [1.165, 1.54) is 11.0 Å². The van der Waals surface area contributed by atoms with Crippen LogP contribution in [0.5, 0.6) is 0 Å². The van der Waals surface area contributed by atoms with Gasteiger partial charge in [0.1, 0.15) is 0 Å². The van der Waals surface area contributed by atoms with Gasteiger partial charge in [0.05, 0.1) is 5.56 Å². The van der Waals surface area contributed by atoms with E-state index in [0.717, 1.165) is 6.07 Å². The van der Waals surface area contributed by atoms with Crippen molar-refractivity contribution in [2.75, 3.05) is 26.0 Å². The number of alkyl halides is 3. The first-order valence-electron chi connectivity index (χ1n) is 6.02. The van der Waals surface area contributed by atoms with Crippen LogP contribution in [0.15, 0.2) is 22.7 Å². The van der Waals surface area contributed by atoms with Crippen LogP contribution in [0.3, 0.4) is 0 Å². The molecule has 1 N–H and O–H groups in total. The van der Waals surface area contributed by atoms with E-state index in [4.69, 9.17) is 0 Å². The Bertz CT molecular complexity index is 475. The van der Waals surface area contributed by atoms with Crippen LogP contribution in [-0.4, -0.2) is 31.4 Å². The third-order valence-electron chi connectivity index (χ3n) is 2.67. The molecule has 0 spiro atoms. The molecule has 0 heterocycles. The molecule has 112 valence electrons. The fourth-order valence-corrected chi connectivity index (χ4v) is 2.02. The number of hydrogen-bond acceptors (Lipinski definition) is 2. The van der Waals surface area contributed by atoms with E-state index in [0.29, 0.717) is 25.1 Å². The second-order valence-corrected chi connectivity index (χ2v) is 5.37. The Morgan fingerprint density at radius 1 is 1.35 bits per heavy atom. The average Bonchev–Trinajstić information content (AvgIpc) is 2.34. The first kappa shape index (κ1) is 16.8. The minimum absolute atomic E-state index is 0.00131. The fourth-order valence-electron chi connectivity index (χ4n) is 1.55. The van der Waals surface area contributed by atoms with Crippen molar-refractivity contribution in [3.63, 3.8) is 0 Å². The van der Waals surface area contributed by atoms with E-state index in [1.807, 2.05) is 0 Å². The number of hydrogen-bond donors (Lipinski definition) is 1. The number of amides is 1. The molecule has 0 aromatic heterocycles. The predicted octanol–water partition coefficient (Wildman–Crippen LogP) is 3.75. The van der Waals surface area contributed by atoms with Gasteiger partial charge in [-0.25, -0.2) is 0 Å². The number of anilines is 1. The summed E-state index contributed by atoms with van der Waals surface area (Å²) in [6.45, 7) is 0.443. The number of carbonyl (C=O) groups excluding carboxylic acids is 1. The molecular weight excluding hydrogens is 337 g/mol. The van der Waals surface area contributed by atoms with Gasteiger partial charge < -0.3 is 10.2 Å². The SMILES string of the molecule is CN(C)C(=O)CCCNc1ccc(Br)c(C(F)(F)F)c1. The fraction of sp³-hybridized carbons (Fsp3) is 0.462. The third kappa shape index (κ3) is 5.03. The maximum atomic E-state index is 12.7. The maximum absolute atomic E-state index is 12.7. The number of rotatable bonds is 5. The van der Waals surface area contributed by atoms with Crippen LogP contribution in [-0.2, 0) is 11.0 Å². The summed E-state index contributed by atoms with van der Waals surface area (Å²) < 4.78 is 38.1. The standard InChI is InChI=1S/C13H16BrF3N2O/c1-19(2)12(20)4-3-7-18-9-5-6-11(14)10(8-9)13(15,16)17/h5-6,8,18H,3-4,7H2,1-2H3. The molecule has 1 aromatic rings. The maximum Gasteiger partial charge on any atom is 0.417 e. The van der Waals surface area contributed by atoms with Gasteiger partial charge in [-0.15, -0.1) is 0 Å². The lowest BCUT2D eigenvalue weighted by Crippen LogP contribution is -2.22. The van der Waals surface area contributed by atoms with Gasteiger partial charge in [0.25, 0.3) is 0 Å². The second kappa shape index (κ2) is 6.97. The van der Waals surface area contributed by atoms with E-state index < -0.39 is 11.7 Å². The highest BCUT2D eigenvalue weighted by Gasteiger charge is 2.33. The highest BCUT2D eigenvalue weighted by Crippen LogP contribution is 2.36. The Kier molecular flexibility index (Phi) is 5.86. The van der Waals surface area contributed by atoms with E-state index >= 15 is 0 Å². The van der Waals surface area contributed by atoms with Gasteiger partial charge in [0.2, 0.25) is 5.91 Å². The van der Waals surface area contributed by atoms with Gasteiger partial charge >= 0.3 is 6.18 Å². The highest BCUT2D eigenvalue weighted by molar-refractivity contribution is 9.10. The summed E-state index contributed by atoms with van der Waals surface area (Å²) in [4.78, 5) is 12.8. The van der Waals surface area contributed by atoms with Crippen molar-refractivity contribution in [1.82, 2.24) is 4.90 Å². The lowest BCUT2D eigenvalue weighted by atomic mass is 10.2. The molecule has 1 amide bonds. The van der Waals surface area contributed by atoms with Gasteiger partial charge in [-0.3, -0.25) is 4.79 Å². The van der Waals surface area contributed by atoms with Crippen LogP contribution in [0.1, 0.15) is 18.4 Å². The van der Waals surface area contributed by atoms with Crippen LogP contribution >= 0.6 is 15.9 Å². The molecule has 7 heteroatoms. The lowest BCUT2D eigenvalue weighted by Gasteiger charge is -2.13. The Balaban J connectivity index is 2.55. The van der Waals surface area contributed by atoms with Gasteiger partial charge in [-0.1, -0.05) is 15.9 Å². The Morgan fingerprint density at radius 3 is 2.55 bits per heavy atom. The van der Waals surface area contributed by atoms with Crippen LogP contribution in [0.25, 0.3) is 0 Å². The second-order valence-electron chi connectivity index (χ2n) is 4.51. The molecule has 0 unspecified atom stereocenters. The first-order chi connectivity index (χ1) is 9.21. The van der Waals surface area contributed by atoms with Gasteiger partial charge in [0, 0.05) is 37.2 Å². The zero-order valence-corrected chi connectivity index (χ0v) is 12.8. The first-order valence-corrected chi connectivity index (χ1v) is 6.82. The van der Waals surface area contributed by atoms with E-state index in [1.54, 1.807) is 20.2 Å². The van der Waals surface area contributed by atoms with E-state index in [9.17, 15) is 18.0 Å². The highest BCUT2D eigenvalue weighted by atomic mass is 79.9. The number of nitrogens with one attached hydrogen (secondary N) is 1. The summed E-state index contributed by atoms with van der Waals surface area (Å²) in [5.74, 6) is -0.00131. The molecule has 0 bridgehead atoms. The largest absolute Gasteiger partial charge is 0.417 e. The van der Waals surface area contributed by atoms with Crippen molar-refractivity contribution < 1.29 is 18.0 Å². The number of nitrogens with zero attached hydrogens (tertiary/aromatic N) is 1. The lowest BCUT2D eigenvalue weighted by molar-refractivity contribution is -0.138. The monoisotopic (exact) mass is 352 g/mol. The minimum Gasteiger partial charge on any atom is -0.385 e. The number of carbonyl (C=O) groups is 1. The van der Waals surface area contributed by atoms with Crippen LogP contribution in [0.4, 0.5) is 18.9 Å². The number of benzene rings is 1. The molecule has 20 heavy (non-hydrogen) atoms. The van der Waals surface area contributed by atoms with Crippen molar-refractivity contribution in [3.05, 3.63) is 28.2 Å². The molecule has 0 fully saturated rings. The van der Waals surface area contributed by atoms with Crippen molar-refractivity contribution in [3.8, 4) is 0 Å². The van der Waals surface area contributed by atoms with Gasteiger partial charge in [-0.05, 0) is 24.6 Å². The molecule has 0 atom stereocenters. The molecule has 0 aliphatic heterocycles.